The van der Waals surface area contributed by atoms with Crippen LogP contribution in [0.5, 0.6) is 0 Å². The molecule has 0 fully saturated rings. The van der Waals surface area contributed by atoms with Crippen LogP contribution in [-0.2, 0) is 4.79 Å². The molecular weight excluding hydrogens is 347 g/mol. The van der Waals surface area contributed by atoms with E-state index in [1.165, 1.54) is 6.20 Å². The van der Waals surface area contributed by atoms with Gasteiger partial charge in [0.1, 0.15) is 5.82 Å². The molecule has 2 rings (SSSR count). The summed E-state index contributed by atoms with van der Waals surface area (Å²) in [6.45, 7) is 2.75. The Kier molecular flexibility index (Phi) is 6.85. The SMILES string of the molecule is CC(C(=O)NCCNc1ncc(Cl)cc1Cl)C(N)c1ccccc1. The number of hydrogen-bond acceptors (Lipinski definition) is 4. The molecule has 7 heteroatoms. The molecule has 0 aliphatic carbocycles. The number of nitrogens with zero attached hydrogens (tertiary/aromatic N) is 1. The molecule has 1 aromatic carbocycles. The predicted octanol–water partition coefficient (Wildman–Crippen LogP) is 3.25. The van der Waals surface area contributed by atoms with E-state index in [-0.39, 0.29) is 17.9 Å². The average molecular weight is 367 g/mol. The number of pyridine rings is 1. The molecule has 2 aromatic rings. The second kappa shape index (κ2) is 8.87. The average Bonchev–Trinajstić information content (AvgIpc) is 2.59. The van der Waals surface area contributed by atoms with Crippen LogP contribution in [0.15, 0.2) is 42.6 Å². The van der Waals surface area contributed by atoms with Crippen molar-refractivity contribution in [2.75, 3.05) is 18.4 Å². The molecule has 1 amide bonds. The van der Waals surface area contributed by atoms with Crippen LogP contribution in [0, 0.1) is 5.92 Å². The van der Waals surface area contributed by atoms with Gasteiger partial charge in [-0.2, -0.15) is 0 Å². The molecule has 0 saturated carbocycles. The zero-order valence-corrected chi connectivity index (χ0v) is 14.8. The second-order valence-electron chi connectivity index (χ2n) is 5.43. The molecule has 5 nitrogen and oxygen atoms in total. The number of nitrogens with two attached hydrogens (primary N) is 1. The molecule has 4 N–H and O–H groups in total. The molecule has 0 bridgehead atoms. The molecule has 2 unspecified atom stereocenters. The first-order chi connectivity index (χ1) is 11.5. The Labute approximate surface area is 151 Å². The molecule has 2 atom stereocenters. The molecule has 1 aromatic heterocycles. The van der Waals surface area contributed by atoms with Gasteiger partial charge >= 0.3 is 0 Å². The van der Waals surface area contributed by atoms with E-state index in [9.17, 15) is 4.79 Å². The summed E-state index contributed by atoms with van der Waals surface area (Å²) in [6, 6.07) is 10.8. The third-order valence-corrected chi connectivity index (χ3v) is 4.16. The van der Waals surface area contributed by atoms with Crippen molar-refractivity contribution >= 4 is 34.9 Å². The summed E-state index contributed by atoms with van der Waals surface area (Å²) < 4.78 is 0. The Balaban J connectivity index is 1.78. The fourth-order valence-electron chi connectivity index (χ4n) is 2.20. The third-order valence-electron chi connectivity index (χ3n) is 3.66. The van der Waals surface area contributed by atoms with E-state index < -0.39 is 0 Å². The molecular formula is C17H20Cl2N4O. The quantitative estimate of drug-likeness (QED) is 0.657. The lowest BCUT2D eigenvalue weighted by Crippen LogP contribution is -2.37. The number of anilines is 1. The lowest BCUT2D eigenvalue weighted by molar-refractivity contribution is -0.125. The molecule has 0 saturated heterocycles. The van der Waals surface area contributed by atoms with Crippen molar-refractivity contribution in [3.8, 4) is 0 Å². The first kappa shape index (κ1) is 18.5. The lowest BCUT2D eigenvalue weighted by Gasteiger charge is -2.20. The fourth-order valence-corrected chi connectivity index (χ4v) is 2.65. The molecule has 0 spiro atoms. The van der Waals surface area contributed by atoms with Gasteiger partial charge in [0.2, 0.25) is 5.91 Å². The number of amides is 1. The third kappa shape index (κ3) is 5.09. The van der Waals surface area contributed by atoms with Crippen molar-refractivity contribution in [2.24, 2.45) is 11.7 Å². The largest absolute Gasteiger partial charge is 0.367 e. The monoisotopic (exact) mass is 366 g/mol. The van der Waals surface area contributed by atoms with Gasteiger partial charge in [0.05, 0.1) is 16.0 Å². The number of rotatable bonds is 7. The maximum absolute atomic E-state index is 12.2. The van der Waals surface area contributed by atoms with E-state index in [1.54, 1.807) is 6.07 Å². The highest BCUT2D eigenvalue weighted by atomic mass is 35.5. The predicted molar refractivity (Wildman–Crippen MR) is 98.3 cm³/mol. The summed E-state index contributed by atoms with van der Waals surface area (Å²) in [7, 11) is 0. The summed E-state index contributed by atoms with van der Waals surface area (Å²) in [6.07, 6.45) is 1.51. The second-order valence-corrected chi connectivity index (χ2v) is 6.27. The Hall–Kier alpha value is -1.82. The molecule has 0 aliphatic rings. The smallest absolute Gasteiger partial charge is 0.224 e. The summed E-state index contributed by atoms with van der Waals surface area (Å²) in [4.78, 5) is 16.3. The number of hydrogen-bond donors (Lipinski definition) is 3. The maximum Gasteiger partial charge on any atom is 0.224 e. The van der Waals surface area contributed by atoms with E-state index in [0.29, 0.717) is 29.0 Å². The van der Waals surface area contributed by atoms with Gasteiger partial charge in [-0.25, -0.2) is 4.98 Å². The van der Waals surface area contributed by atoms with E-state index in [2.05, 4.69) is 15.6 Å². The Morgan fingerprint density at radius 2 is 1.96 bits per heavy atom. The summed E-state index contributed by atoms with van der Waals surface area (Å²) in [5, 5.41) is 6.82. The summed E-state index contributed by atoms with van der Waals surface area (Å²) in [5.41, 5.74) is 7.09. The molecule has 0 aliphatic heterocycles. The molecule has 1 heterocycles. The van der Waals surface area contributed by atoms with Gasteiger partial charge in [0, 0.05) is 25.3 Å². The zero-order chi connectivity index (χ0) is 17.5. The number of carbonyl (C=O) groups excluding carboxylic acids is 1. The van der Waals surface area contributed by atoms with Crippen molar-refractivity contribution in [1.29, 1.82) is 0 Å². The molecule has 0 radical (unpaired) electrons. The van der Waals surface area contributed by atoms with Crippen molar-refractivity contribution in [3.63, 3.8) is 0 Å². The highest BCUT2D eigenvalue weighted by Gasteiger charge is 2.21. The van der Waals surface area contributed by atoms with E-state index in [4.69, 9.17) is 28.9 Å². The van der Waals surface area contributed by atoms with Crippen LogP contribution >= 0.6 is 23.2 Å². The van der Waals surface area contributed by atoms with E-state index in [1.807, 2.05) is 37.3 Å². The number of aromatic nitrogens is 1. The first-order valence-electron chi connectivity index (χ1n) is 7.62. The van der Waals surface area contributed by atoms with Crippen molar-refractivity contribution in [1.82, 2.24) is 10.3 Å². The van der Waals surface area contributed by atoms with Crippen LogP contribution in [0.2, 0.25) is 10.0 Å². The maximum atomic E-state index is 12.2. The zero-order valence-electron chi connectivity index (χ0n) is 13.3. The van der Waals surface area contributed by atoms with Gasteiger partial charge in [-0.05, 0) is 11.6 Å². The van der Waals surface area contributed by atoms with Crippen molar-refractivity contribution < 1.29 is 4.79 Å². The minimum absolute atomic E-state index is 0.0942. The Morgan fingerprint density at radius 3 is 2.62 bits per heavy atom. The number of carbonyl (C=O) groups is 1. The van der Waals surface area contributed by atoms with Crippen LogP contribution in [0.3, 0.4) is 0 Å². The Bertz CT molecular complexity index is 682. The number of halogens is 2. The van der Waals surface area contributed by atoms with E-state index in [0.717, 1.165) is 5.56 Å². The Morgan fingerprint density at radius 1 is 1.25 bits per heavy atom. The first-order valence-corrected chi connectivity index (χ1v) is 8.38. The van der Waals surface area contributed by atoms with Crippen molar-refractivity contribution in [3.05, 3.63) is 58.2 Å². The van der Waals surface area contributed by atoms with Gasteiger partial charge < -0.3 is 16.4 Å². The van der Waals surface area contributed by atoms with Gasteiger partial charge in [-0.3, -0.25) is 4.79 Å². The van der Waals surface area contributed by atoms with Crippen molar-refractivity contribution in [2.45, 2.75) is 13.0 Å². The highest BCUT2D eigenvalue weighted by Crippen LogP contribution is 2.22. The van der Waals surface area contributed by atoms with Gasteiger partial charge in [0.25, 0.3) is 0 Å². The molecule has 24 heavy (non-hydrogen) atoms. The lowest BCUT2D eigenvalue weighted by atomic mass is 9.95. The van der Waals surface area contributed by atoms with Crippen LogP contribution in [-0.4, -0.2) is 24.0 Å². The minimum Gasteiger partial charge on any atom is -0.367 e. The minimum atomic E-state index is -0.341. The van der Waals surface area contributed by atoms with Gasteiger partial charge in [-0.15, -0.1) is 0 Å². The van der Waals surface area contributed by atoms with Crippen LogP contribution in [0.25, 0.3) is 0 Å². The van der Waals surface area contributed by atoms with Gasteiger partial charge in [0.15, 0.2) is 0 Å². The topological polar surface area (TPSA) is 80.0 Å². The summed E-state index contributed by atoms with van der Waals surface area (Å²) >= 11 is 11.8. The number of benzene rings is 1. The number of nitrogens with one attached hydrogen (secondary N) is 2. The fraction of sp³-hybridized carbons (Fsp3) is 0.294. The van der Waals surface area contributed by atoms with Crippen LogP contribution in [0.4, 0.5) is 5.82 Å². The highest BCUT2D eigenvalue weighted by molar-refractivity contribution is 6.35. The van der Waals surface area contributed by atoms with Gasteiger partial charge in [-0.1, -0.05) is 60.5 Å². The standard InChI is InChI=1S/C17H20Cl2N4O/c1-11(15(20)12-5-3-2-4-6-12)17(24)22-8-7-21-16-14(19)9-13(18)10-23-16/h2-6,9-11,15H,7-8,20H2,1H3,(H,21,23)(H,22,24). The van der Waals surface area contributed by atoms with Crippen LogP contribution in [0.1, 0.15) is 18.5 Å². The summed E-state index contributed by atoms with van der Waals surface area (Å²) in [5.74, 6) is 0.109. The molecule has 128 valence electrons. The normalized spacial score (nSPS) is 13.2. The van der Waals surface area contributed by atoms with E-state index >= 15 is 0 Å². The van der Waals surface area contributed by atoms with Crippen LogP contribution < -0.4 is 16.4 Å².